The van der Waals surface area contributed by atoms with E-state index in [0.29, 0.717) is 25.1 Å². The first-order valence-corrected chi connectivity index (χ1v) is 5.83. The van der Waals surface area contributed by atoms with Crippen LogP contribution in [-0.4, -0.2) is 23.4 Å². The van der Waals surface area contributed by atoms with Crippen molar-refractivity contribution in [1.82, 2.24) is 9.69 Å². The first kappa shape index (κ1) is 12.5. The van der Waals surface area contributed by atoms with E-state index in [0.717, 1.165) is 10.7 Å². The molecule has 0 saturated heterocycles. The van der Waals surface area contributed by atoms with E-state index >= 15 is 0 Å². The van der Waals surface area contributed by atoms with E-state index in [4.69, 9.17) is 5.26 Å². The van der Waals surface area contributed by atoms with E-state index in [1.54, 1.807) is 6.92 Å². The maximum atomic E-state index is 11.2. The highest BCUT2D eigenvalue weighted by molar-refractivity contribution is 7.10. The van der Waals surface area contributed by atoms with Crippen molar-refractivity contribution in [3.63, 3.8) is 0 Å². The van der Waals surface area contributed by atoms with Gasteiger partial charge < -0.3 is 10.6 Å². The third kappa shape index (κ3) is 3.21. The highest BCUT2D eigenvalue weighted by atomic mass is 32.1. The molecular formula is C10H14N4OS. The fraction of sp³-hybridized carbons (Fsp3) is 0.500. The van der Waals surface area contributed by atoms with Crippen molar-refractivity contribution < 1.29 is 4.79 Å². The zero-order chi connectivity index (χ0) is 12.0. The van der Waals surface area contributed by atoms with Crippen LogP contribution < -0.4 is 10.6 Å². The maximum absolute atomic E-state index is 11.2. The van der Waals surface area contributed by atoms with Crippen LogP contribution in [0.15, 0.2) is 0 Å². The molecule has 6 heteroatoms. The Bertz CT molecular complexity index is 407. The molecule has 0 aliphatic rings. The molecule has 0 atom stereocenters. The van der Waals surface area contributed by atoms with E-state index in [9.17, 15) is 4.79 Å². The number of carbonyl (C=O) groups excluding carboxylic acids is 1. The number of amides is 1. The van der Waals surface area contributed by atoms with Crippen molar-refractivity contribution in [2.24, 2.45) is 0 Å². The molecule has 2 N–H and O–H groups in total. The molecule has 0 radical (unpaired) electrons. The summed E-state index contributed by atoms with van der Waals surface area (Å²) in [5.74, 6) is 0.00902. The number of nitrogens with one attached hydrogen (secondary N) is 2. The Labute approximate surface area is 98.6 Å². The summed E-state index contributed by atoms with van der Waals surface area (Å²) in [6, 6.07) is 2.09. The van der Waals surface area contributed by atoms with E-state index < -0.39 is 0 Å². The van der Waals surface area contributed by atoms with E-state index in [1.807, 2.05) is 6.92 Å². The van der Waals surface area contributed by atoms with Crippen LogP contribution >= 0.6 is 11.5 Å². The molecule has 16 heavy (non-hydrogen) atoms. The normalized spacial score (nSPS) is 9.56. The fourth-order valence-electron chi connectivity index (χ4n) is 1.20. The molecule has 1 amide bonds. The summed E-state index contributed by atoms with van der Waals surface area (Å²) in [5.41, 5.74) is 1.30. The van der Waals surface area contributed by atoms with Crippen LogP contribution in [0.3, 0.4) is 0 Å². The van der Waals surface area contributed by atoms with Gasteiger partial charge in [-0.25, -0.2) is 0 Å². The summed E-state index contributed by atoms with van der Waals surface area (Å²) in [7, 11) is 0. The summed E-state index contributed by atoms with van der Waals surface area (Å²) >= 11 is 1.25. The zero-order valence-corrected chi connectivity index (χ0v) is 10.1. The molecule has 0 saturated carbocycles. The molecule has 0 aromatic carbocycles. The van der Waals surface area contributed by atoms with Gasteiger partial charge in [0.1, 0.15) is 16.6 Å². The Morgan fingerprint density at radius 3 is 3.00 bits per heavy atom. The Morgan fingerprint density at radius 2 is 2.38 bits per heavy atom. The number of carbonyl (C=O) groups is 1. The lowest BCUT2D eigenvalue weighted by molar-refractivity contribution is -0.120. The van der Waals surface area contributed by atoms with Gasteiger partial charge in [-0.1, -0.05) is 0 Å². The van der Waals surface area contributed by atoms with Crippen molar-refractivity contribution in [3.8, 4) is 6.07 Å². The number of anilines is 1. The first-order chi connectivity index (χ1) is 7.69. The predicted octanol–water partition coefficient (Wildman–Crippen LogP) is 1.26. The molecule has 0 spiro atoms. The molecular weight excluding hydrogens is 224 g/mol. The van der Waals surface area contributed by atoms with Gasteiger partial charge in [0.05, 0.1) is 5.69 Å². The van der Waals surface area contributed by atoms with Crippen molar-refractivity contribution in [2.45, 2.75) is 20.3 Å². The number of aromatic nitrogens is 1. The quantitative estimate of drug-likeness (QED) is 0.809. The van der Waals surface area contributed by atoms with Crippen molar-refractivity contribution in [2.75, 3.05) is 18.4 Å². The van der Waals surface area contributed by atoms with Crippen LogP contribution in [0, 0.1) is 18.3 Å². The van der Waals surface area contributed by atoms with Crippen molar-refractivity contribution >= 4 is 22.4 Å². The SMILES string of the molecule is CCNC(=O)CCNc1snc(C)c1C#N. The minimum Gasteiger partial charge on any atom is -0.374 e. The number of rotatable bonds is 5. The molecule has 0 aliphatic carbocycles. The van der Waals surface area contributed by atoms with Gasteiger partial charge in [0.15, 0.2) is 0 Å². The van der Waals surface area contributed by atoms with Gasteiger partial charge in [0.2, 0.25) is 5.91 Å². The molecule has 1 aromatic rings. The molecule has 1 heterocycles. The summed E-state index contributed by atoms with van der Waals surface area (Å²) in [4.78, 5) is 11.2. The Balaban J connectivity index is 2.44. The largest absolute Gasteiger partial charge is 0.374 e. The average molecular weight is 238 g/mol. The van der Waals surface area contributed by atoms with E-state index in [2.05, 4.69) is 21.1 Å². The Hall–Kier alpha value is -1.61. The third-order valence-electron chi connectivity index (χ3n) is 1.99. The molecule has 0 aliphatic heterocycles. The van der Waals surface area contributed by atoms with E-state index in [-0.39, 0.29) is 5.91 Å². The van der Waals surface area contributed by atoms with Gasteiger partial charge in [-0.3, -0.25) is 4.79 Å². The standard InChI is InChI=1S/C10H14N4OS/c1-3-12-9(15)4-5-13-10-8(6-11)7(2)14-16-10/h13H,3-5H2,1-2H3,(H,12,15). The molecule has 86 valence electrons. The van der Waals surface area contributed by atoms with Crippen LogP contribution in [0.25, 0.3) is 0 Å². The van der Waals surface area contributed by atoms with Gasteiger partial charge >= 0.3 is 0 Å². The molecule has 5 nitrogen and oxygen atoms in total. The second-order valence-corrected chi connectivity index (χ2v) is 3.99. The Morgan fingerprint density at radius 1 is 1.62 bits per heavy atom. The lowest BCUT2D eigenvalue weighted by Crippen LogP contribution is -2.24. The lowest BCUT2D eigenvalue weighted by Gasteiger charge is -2.03. The maximum Gasteiger partial charge on any atom is 0.221 e. The number of nitriles is 1. The van der Waals surface area contributed by atoms with Crippen LogP contribution in [0.5, 0.6) is 0 Å². The smallest absolute Gasteiger partial charge is 0.221 e. The fourth-order valence-corrected chi connectivity index (χ4v) is 1.97. The Kier molecular flexibility index (Phi) is 4.73. The summed E-state index contributed by atoms with van der Waals surface area (Å²) in [6.45, 7) is 4.83. The van der Waals surface area contributed by atoms with Crippen LogP contribution in [-0.2, 0) is 4.79 Å². The second-order valence-electron chi connectivity index (χ2n) is 3.21. The molecule has 0 bridgehead atoms. The van der Waals surface area contributed by atoms with Gasteiger partial charge in [0, 0.05) is 19.5 Å². The number of nitrogens with zero attached hydrogens (tertiary/aromatic N) is 2. The van der Waals surface area contributed by atoms with Gasteiger partial charge in [-0.05, 0) is 25.4 Å². The van der Waals surface area contributed by atoms with Crippen molar-refractivity contribution in [3.05, 3.63) is 11.3 Å². The number of hydrogen-bond donors (Lipinski definition) is 2. The number of hydrogen-bond acceptors (Lipinski definition) is 5. The minimum atomic E-state index is 0.00902. The highest BCUT2D eigenvalue weighted by Gasteiger charge is 2.09. The highest BCUT2D eigenvalue weighted by Crippen LogP contribution is 2.22. The molecule has 0 fully saturated rings. The van der Waals surface area contributed by atoms with Gasteiger partial charge in [-0.2, -0.15) is 9.64 Å². The van der Waals surface area contributed by atoms with Gasteiger partial charge in [-0.15, -0.1) is 0 Å². The lowest BCUT2D eigenvalue weighted by atomic mass is 10.3. The van der Waals surface area contributed by atoms with Crippen LogP contribution in [0.4, 0.5) is 5.00 Å². The molecule has 1 rings (SSSR count). The van der Waals surface area contributed by atoms with E-state index in [1.165, 1.54) is 11.5 Å². The third-order valence-corrected chi connectivity index (χ3v) is 2.88. The van der Waals surface area contributed by atoms with Crippen LogP contribution in [0.1, 0.15) is 24.6 Å². The van der Waals surface area contributed by atoms with Crippen molar-refractivity contribution in [1.29, 1.82) is 5.26 Å². The molecule has 1 aromatic heterocycles. The topological polar surface area (TPSA) is 77.8 Å². The molecule has 0 unspecified atom stereocenters. The summed E-state index contributed by atoms with van der Waals surface area (Å²) < 4.78 is 4.08. The first-order valence-electron chi connectivity index (χ1n) is 5.06. The average Bonchev–Trinajstić information content (AvgIpc) is 2.60. The predicted molar refractivity (Wildman–Crippen MR) is 63.4 cm³/mol. The summed E-state index contributed by atoms with van der Waals surface area (Å²) in [6.07, 6.45) is 0.398. The minimum absolute atomic E-state index is 0.00902. The monoisotopic (exact) mass is 238 g/mol. The second kappa shape index (κ2) is 6.08. The zero-order valence-electron chi connectivity index (χ0n) is 9.33. The van der Waals surface area contributed by atoms with Crippen LogP contribution in [0.2, 0.25) is 0 Å². The summed E-state index contributed by atoms with van der Waals surface area (Å²) in [5, 5.41) is 15.4. The van der Waals surface area contributed by atoms with Gasteiger partial charge in [0.25, 0.3) is 0 Å². The number of aryl methyl sites for hydroxylation is 1.